The SMILES string of the molecule is O=C(NC1CCSc2ccccc21)c1cn[nH]c1. The molecule has 1 atom stereocenters. The number of hydrogen-bond acceptors (Lipinski definition) is 3. The van der Waals surface area contributed by atoms with Crippen molar-refractivity contribution in [1.82, 2.24) is 15.5 Å². The lowest BCUT2D eigenvalue weighted by Gasteiger charge is -2.25. The predicted octanol–water partition coefficient (Wildman–Crippen LogP) is 2.38. The highest BCUT2D eigenvalue weighted by Gasteiger charge is 2.22. The lowest BCUT2D eigenvalue weighted by molar-refractivity contribution is 0.0935. The Balaban J connectivity index is 1.80. The van der Waals surface area contributed by atoms with Gasteiger partial charge in [-0.1, -0.05) is 18.2 Å². The van der Waals surface area contributed by atoms with Gasteiger partial charge < -0.3 is 5.32 Å². The third-order valence-corrected chi connectivity index (χ3v) is 4.15. The zero-order valence-corrected chi connectivity index (χ0v) is 10.5. The lowest BCUT2D eigenvalue weighted by Crippen LogP contribution is -2.30. The van der Waals surface area contributed by atoms with Gasteiger partial charge in [0.25, 0.3) is 5.91 Å². The molecule has 4 nitrogen and oxygen atoms in total. The molecule has 92 valence electrons. The molecule has 0 fully saturated rings. The topological polar surface area (TPSA) is 57.8 Å². The van der Waals surface area contributed by atoms with Crippen LogP contribution in [0.3, 0.4) is 0 Å². The number of nitrogens with one attached hydrogen (secondary N) is 2. The number of fused-ring (bicyclic) bond motifs is 1. The molecule has 2 aromatic rings. The summed E-state index contributed by atoms with van der Waals surface area (Å²) in [5.41, 5.74) is 1.79. The van der Waals surface area contributed by atoms with Crippen LogP contribution in [0, 0.1) is 0 Å². The number of hydrogen-bond donors (Lipinski definition) is 2. The van der Waals surface area contributed by atoms with E-state index in [-0.39, 0.29) is 11.9 Å². The van der Waals surface area contributed by atoms with Gasteiger partial charge in [0.2, 0.25) is 0 Å². The maximum atomic E-state index is 12.0. The van der Waals surface area contributed by atoms with E-state index in [4.69, 9.17) is 0 Å². The number of carbonyl (C=O) groups is 1. The maximum absolute atomic E-state index is 12.0. The summed E-state index contributed by atoms with van der Waals surface area (Å²) in [5.74, 6) is 0.961. The maximum Gasteiger partial charge on any atom is 0.254 e. The van der Waals surface area contributed by atoms with Crippen LogP contribution in [-0.2, 0) is 0 Å². The highest BCUT2D eigenvalue weighted by Crippen LogP contribution is 2.35. The molecule has 2 heterocycles. The summed E-state index contributed by atoms with van der Waals surface area (Å²) in [6.45, 7) is 0. The van der Waals surface area contributed by atoms with Gasteiger partial charge in [-0.25, -0.2) is 0 Å². The van der Waals surface area contributed by atoms with Gasteiger partial charge in [0.15, 0.2) is 0 Å². The van der Waals surface area contributed by atoms with Crippen LogP contribution in [-0.4, -0.2) is 21.9 Å². The van der Waals surface area contributed by atoms with Crippen LogP contribution < -0.4 is 5.32 Å². The minimum atomic E-state index is -0.0737. The van der Waals surface area contributed by atoms with Crippen LogP contribution >= 0.6 is 11.8 Å². The largest absolute Gasteiger partial charge is 0.345 e. The van der Waals surface area contributed by atoms with E-state index in [0.717, 1.165) is 12.2 Å². The minimum absolute atomic E-state index is 0.0737. The average molecular weight is 259 g/mol. The minimum Gasteiger partial charge on any atom is -0.345 e. The first-order chi connectivity index (χ1) is 8.84. The Hall–Kier alpha value is -1.75. The molecule has 18 heavy (non-hydrogen) atoms. The standard InChI is InChI=1S/C13H13N3OS/c17-13(9-7-14-15-8-9)16-11-5-6-18-12-4-2-1-3-10(11)12/h1-4,7-8,11H,5-6H2,(H,14,15)(H,16,17). The van der Waals surface area contributed by atoms with E-state index < -0.39 is 0 Å². The van der Waals surface area contributed by atoms with Crippen molar-refractivity contribution in [3.05, 3.63) is 47.8 Å². The summed E-state index contributed by atoms with van der Waals surface area (Å²) in [4.78, 5) is 13.3. The highest BCUT2D eigenvalue weighted by molar-refractivity contribution is 7.99. The summed E-state index contributed by atoms with van der Waals surface area (Å²) in [5, 5.41) is 9.51. The number of carbonyl (C=O) groups excluding carboxylic acids is 1. The van der Waals surface area contributed by atoms with Crippen molar-refractivity contribution in [2.24, 2.45) is 0 Å². The Labute approximate surface area is 109 Å². The Kier molecular flexibility index (Phi) is 3.06. The van der Waals surface area contributed by atoms with Crippen molar-refractivity contribution in [3.63, 3.8) is 0 Å². The molecule has 0 aliphatic carbocycles. The second-order valence-electron chi connectivity index (χ2n) is 4.19. The number of thioether (sulfide) groups is 1. The lowest BCUT2D eigenvalue weighted by atomic mass is 10.0. The molecule has 1 aromatic carbocycles. The van der Waals surface area contributed by atoms with Crippen molar-refractivity contribution in [2.75, 3.05) is 5.75 Å². The second kappa shape index (κ2) is 4.86. The highest BCUT2D eigenvalue weighted by atomic mass is 32.2. The Morgan fingerprint density at radius 2 is 2.33 bits per heavy atom. The molecule has 1 aliphatic heterocycles. The summed E-state index contributed by atoms with van der Waals surface area (Å²) in [7, 11) is 0. The van der Waals surface area contributed by atoms with Gasteiger partial charge in [-0.3, -0.25) is 9.89 Å². The smallest absolute Gasteiger partial charge is 0.254 e. The van der Waals surface area contributed by atoms with Crippen molar-refractivity contribution < 1.29 is 4.79 Å². The van der Waals surface area contributed by atoms with Gasteiger partial charge in [-0.05, 0) is 18.1 Å². The average Bonchev–Trinajstić information content (AvgIpc) is 2.93. The number of aromatic nitrogens is 2. The molecule has 0 radical (unpaired) electrons. The van der Waals surface area contributed by atoms with E-state index in [2.05, 4.69) is 27.6 Å². The Bertz CT molecular complexity index is 553. The van der Waals surface area contributed by atoms with Crippen molar-refractivity contribution in [1.29, 1.82) is 0 Å². The quantitative estimate of drug-likeness (QED) is 0.870. The van der Waals surface area contributed by atoms with E-state index in [9.17, 15) is 4.79 Å². The first-order valence-corrected chi connectivity index (χ1v) is 6.84. The third kappa shape index (κ3) is 2.13. The van der Waals surface area contributed by atoms with Gasteiger partial charge in [0, 0.05) is 16.8 Å². The molecular weight excluding hydrogens is 246 g/mol. The van der Waals surface area contributed by atoms with Crippen LogP contribution in [0.1, 0.15) is 28.4 Å². The summed E-state index contributed by atoms with van der Waals surface area (Å²) in [6.07, 6.45) is 4.11. The van der Waals surface area contributed by atoms with E-state index in [1.54, 1.807) is 12.4 Å². The van der Waals surface area contributed by atoms with E-state index >= 15 is 0 Å². The van der Waals surface area contributed by atoms with Crippen molar-refractivity contribution in [3.8, 4) is 0 Å². The number of nitrogens with zero attached hydrogens (tertiary/aromatic N) is 1. The third-order valence-electron chi connectivity index (χ3n) is 3.02. The fourth-order valence-corrected chi connectivity index (χ4v) is 3.23. The van der Waals surface area contributed by atoms with Gasteiger partial charge in [-0.15, -0.1) is 11.8 Å². The van der Waals surface area contributed by atoms with Crippen LogP contribution in [0.5, 0.6) is 0 Å². The Morgan fingerprint density at radius 3 is 3.17 bits per heavy atom. The molecule has 0 saturated carbocycles. The van der Waals surface area contributed by atoms with E-state index in [1.807, 2.05) is 23.9 Å². The fraction of sp³-hybridized carbons (Fsp3) is 0.231. The molecule has 0 spiro atoms. The molecule has 1 aromatic heterocycles. The van der Waals surface area contributed by atoms with Crippen LogP contribution in [0.25, 0.3) is 0 Å². The molecule has 1 amide bonds. The van der Waals surface area contributed by atoms with Gasteiger partial charge in [-0.2, -0.15) is 5.10 Å². The van der Waals surface area contributed by atoms with Gasteiger partial charge >= 0.3 is 0 Å². The molecule has 3 rings (SSSR count). The number of amides is 1. The molecule has 2 N–H and O–H groups in total. The molecule has 5 heteroatoms. The van der Waals surface area contributed by atoms with Crippen LogP contribution in [0.2, 0.25) is 0 Å². The molecule has 0 bridgehead atoms. The van der Waals surface area contributed by atoms with Crippen LogP contribution in [0.4, 0.5) is 0 Å². The fourth-order valence-electron chi connectivity index (χ4n) is 2.11. The molecule has 0 saturated heterocycles. The zero-order valence-electron chi connectivity index (χ0n) is 9.72. The van der Waals surface area contributed by atoms with E-state index in [0.29, 0.717) is 5.56 Å². The molecule has 1 aliphatic rings. The van der Waals surface area contributed by atoms with Crippen molar-refractivity contribution in [2.45, 2.75) is 17.4 Å². The monoisotopic (exact) mass is 259 g/mol. The number of benzene rings is 1. The van der Waals surface area contributed by atoms with E-state index in [1.165, 1.54) is 10.5 Å². The summed E-state index contributed by atoms with van der Waals surface area (Å²) >= 11 is 1.85. The normalized spacial score (nSPS) is 18.1. The van der Waals surface area contributed by atoms with Gasteiger partial charge in [0.1, 0.15) is 0 Å². The van der Waals surface area contributed by atoms with Crippen molar-refractivity contribution >= 4 is 17.7 Å². The first-order valence-electron chi connectivity index (χ1n) is 5.86. The van der Waals surface area contributed by atoms with Crippen LogP contribution in [0.15, 0.2) is 41.6 Å². The zero-order chi connectivity index (χ0) is 12.4. The number of rotatable bonds is 2. The number of H-pyrrole nitrogens is 1. The second-order valence-corrected chi connectivity index (χ2v) is 5.32. The first kappa shape index (κ1) is 11.3. The predicted molar refractivity (Wildman–Crippen MR) is 70.6 cm³/mol. The molecular formula is C13H13N3OS. The Morgan fingerprint density at radius 1 is 1.44 bits per heavy atom. The summed E-state index contributed by atoms with van der Waals surface area (Å²) in [6, 6.07) is 8.34. The molecule has 1 unspecified atom stereocenters. The van der Waals surface area contributed by atoms with Gasteiger partial charge in [0.05, 0.1) is 17.8 Å². The number of aromatic amines is 1. The summed E-state index contributed by atoms with van der Waals surface area (Å²) < 4.78 is 0.